The van der Waals surface area contributed by atoms with Gasteiger partial charge in [0.25, 0.3) is 0 Å². The van der Waals surface area contributed by atoms with Crippen LogP contribution in [0.15, 0.2) is 53.3 Å². The van der Waals surface area contributed by atoms with Crippen LogP contribution in [0.4, 0.5) is 13.2 Å². The summed E-state index contributed by atoms with van der Waals surface area (Å²) in [4.78, 5) is 27.8. The van der Waals surface area contributed by atoms with Crippen molar-refractivity contribution in [3.63, 3.8) is 0 Å². The molecule has 0 unspecified atom stereocenters. The molecule has 2 heterocycles. The summed E-state index contributed by atoms with van der Waals surface area (Å²) in [5.41, 5.74) is -0.755. The number of carbonyl (C=O) groups excluding carboxylic acids is 2. The molecule has 0 saturated carbocycles. The van der Waals surface area contributed by atoms with Crippen LogP contribution >= 0.6 is 0 Å². The van der Waals surface area contributed by atoms with Gasteiger partial charge in [-0.2, -0.15) is 13.2 Å². The average molecular weight is 347 g/mol. The van der Waals surface area contributed by atoms with E-state index in [0.717, 1.165) is 23.7 Å². The molecular formula is C18H12F3NO3. The van der Waals surface area contributed by atoms with Gasteiger partial charge in [-0.1, -0.05) is 0 Å². The first-order valence-electron chi connectivity index (χ1n) is 7.42. The van der Waals surface area contributed by atoms with Crippen molar-refractivity contribution < 1.29 is 27.2 Å². The van der Waals surface area contributed by atoms with Crippen LogP contribution in [0.3, 0.4) is 0 Å². The third-order valence-corrected chi connectivity index (χ3v) is 3.73. The molecule has 0 aliphatic heterocycles. The number of halogens is 3. The van der Waals surface area contributed by atoms with E-state index in [-0.39, 0.29) is 18.6 Å². The molecule has 0 fully saturated rings. The number of rotatable bonds is 5. The maximum atomic E-state index is 12.9. The van der Waals surface area contributed by atoms with E-state index in [1.54, 1.807) is 24.3 Å². The quantitative estimate of drug-likeness (QED) is 0.628. The fourth-order valence-electron chi connectivity index (χ4n) is 2.49. The molecule has 0 N–H and O–H groups in total. The lowest BCUT2D eigenvalue weighted by molar-refractivity contribution is -0.138. The largest absolute Gasteiger partial charge is 0.464 e. The van der Waals surface area contributed by atoms with Crippen LogP contribution in [0, 0.1) is 0 Å². The smallest absolute Gasteiger partial charge is 0.418 e. The van der Waals surface area contributed by atoms with Crippen molar-refractivity contribution >= 4 is 22.5 Å². The maximum Gasteiger partial charge on any atom is 0.418 e. The number of Topliss-reactive ketones (excluding diaryl/α,β-unsaturated/α-hetero) is 2. The Morgan fingerprint density at radius 2 is 1.80 bits per heavy atom. The van der Waals surface area contributed by atoms with Gasteiger partial charge in [-0.05, 0) is 36.4 Å². The van der Waals surface area contributed by atoms with Gasteiger partial charge in [0.1, 0.15) is 11.3 Å². The fourth-order valence-corrected chi connectivity index (χ4v) is 2.49. The van der Waals surface area contributed by atoms with Crippen LogP contribution in [0.5, 0.6) is 0 Å². The van der Waals surface area contributed by atoms with E-state index in [4.69, 9.17) is 4.42 Å². The Hall–Kier alpha value is -2.96. The van der Waals surface area contributed by atoms with E-state index in [0.29, 0.717) is 11.1 Å². The molecule has 2 aromatic heterocycles. The van der Waals surface area contributed by atoms with E-state index < -0.39 is 23.2 Å². The molecule has 1 aromatic carbocycles. The van der Waals surface area contributed by atoms with Gasteiger partial charge in [-0.3, -0.25) is 14.6 Å². The first kappa shape index (κ1) is 16.9. The predicted octanol–water partition coefficient (Wildman–Crippen LogP) is 4.69. The molecule has 0 saturated heterocycles. The topological polar surface area (TPSA) is 60.2 Å². The molecule has 25 heavy (non-hydrogen) atoms. The van der Waals surface area contributed by atoms with Crippen molar-refractivity contribution in [3.8, 4) is 0 Å². The van der Waals surface area contributed by atoms with Crippen LogP contribution in [0.1, 0.15) is 39.3 Å². The van der Waals surface area contributed by atoms with E-state index in [1.165, 1.54) is 6.26 Å². The molecule has 0 aliphatic rings. The number of furan rings is 1. The summed E-state index contributed by atoms with van der Waals surface area (Å²) in [7, 11) is 0. The van der Waals surface area contributed by atoms with Gasteiger partial charge in [-0.25, -0.2) is 0 Å². The highest BCUT2D eigenvalue weighted by molar-refractivity contribution is 6.03. The van der Waals surface area contributed by atoms with Gasteiger partial charge in [0.2, 0.25) is 0 Å². The lowest BCUT2D eigenvalue weighted by atomic mass is 10.0. The van der Waals surface area contributed by atoms with Crippen molar-refractivity contribution in [2.75, 3.05) is 0 Å². The highest BCUT2D eigenvalue weighted by atomic mass is 19.4. The molecular weight excluding hydrogens is 335 g/mol. The highest BCUT2D eigenvalue weighted by Crippen LogP contribution is 2.31. The number of carbonyl (C=O) groups is 2. The minimum Gasteiger partial charge on any atom is -0.464 e. The lowest BCUT2D eigenvalue weighted by Crippen LogP contribution is -2.15. The van der Waals surface area contributed by atoms with Gasteiger partial charge in [0.05, 0.1) is 11.8 Å². The molecule has 4 nitrogen and oxygen atoms in total. The Balaban J connectivity index is 1.73. The van der Waals surface area contributed by atoms with Gasteiger partial charge >= 0.3 is 6.18 Å². The number of hydrogen-bond acceptors (Lipinski definition) is 4. The monoisotopic (exact) mass is 347 g/mol. The zero-order chi connectivity index (χ0) is 18.0. The maximum absolute atomic E-state index is 12.9. The molecule has 3 aromatic rings. The number of hydrogen-bond donors (Lipinski definition) is 0. The second-order valence-corrected chi connectivity index (χ2v) is 5.42. The number of alkyl halides is 3. The van der Waals surface area contributed by atoms with Crippen molar-refractivity contribution in [2.45, 2.75) is 19.0 Å². The van der Waals surface area contributed by atoms with E-state index >= 15 is 0 Å². The second-order valence-electron chi connectivity index (χ2n) is 5.42. The zero-order valence-electron chi connectivity index (χ0n) is 12.8. The van der Waals surface area contributed by atoms with Crippen molar-refractivity contribution in [2.24, 2.45) is 0 Å². The first-order chi connectivity index (χ1) is 11.9. The predicted molar refractivity (Wildman–Crippen MR) is 83.3 cm³/mol. The van der Waals surface area contributed by atoms with Crippen molar-refractivity contribution in [1.29, 1.82) is 0 Å². The lowest BCUT2D eigenvalue weighted by Gasteiger charge is -2.10. The Labute approximate surface area is 140 Å². The molecule has 0 amide bonds. The van der Waals surface area contributed by atoms with Crippen LogP contribution in [0.2, 0.25) is 0 Å². The summed E-state index contributed by atoms with van der Waals surface area (Å²) in [5.74, 6) is -1.15. The molecule has 0 atom stereocenters. The SMILES string of the molecule is O=C(CCC(=O)c1ncccc1C(F)(F)F)c1ccc2occc2c1. The first-order valence-corrected chi connectivity index (χ1v) is 7.42. The second kappa shape index (κ2) is 6.51. The van der Waals surface area contributed by atoms with E-state index in [1.807, 2.05) is 0 Å². The summed E-state index contributed by atoms with van der Waals surface area (Å²) in [6.45, 7) is 0. The van der Waals surface area contributed by atoms with Crippen LogP contribution in [0.25, 0.3) is 11.0 Å². The number of aromatic nitrogens is 1. The minimum absolute atomic E-state index is 0.198. The molecule has 0 aliphatic carbocycles. The van der Waals surface area contributed by atoms with Crippen LogP contribution < -0.4 is 0 Å². The molecule has 3 rings (SSSR count). The molecule has 0 spiro atoms. The number of fused-ring (bicyclic) bond motifs is 1. The van der Waals surface area contributed by atoms with Gasteiger partial charge < -0.3 is 4.42 Å². The third-order valence-electron chi connectivity index (χ3n) is 3.73. The van der Waals surface area contributed by atoms with E-state index in [9.17, 15) is 22.8 Å². The number of nitrogens with zero attached hydrogens (tertiary/aromatic N) is 1. The Morgan fingerprint density at radius 3 is 2.56 bits per heavy atom. The van der Waals surface area contributed by atoms with Crippen LogP contribution in [-0.4, -0.2) is 16.6 Å². The summed E-state index contributed by atoms with van der Waals surface area (Å²) >= 11 is 0. The van der Waals surface area contributed by atoms with Crippen LogP contribution in [-0.2, 0) is 6.18 Å². The Bertz CT molecular complexity index is 944. The van der Waals surface area contributed by atoms with Crippen molar-refractivity contribution in [1.82, 2.24) is 4.98 Å². The van der Waals surface area contributed by atoms with Gasteiger partial charge in [0, 0.05) is 30.0 Å². The third kappa shape index (κ3) is 3.60. The molecule has 128 valence electrons. The summed E-state index contributed by atoms with van der Waals surface area (Å²) in [5, 5.41) is 0.737. The highest BCUT2D eigenvalue weighted by Gasteiger charge is 2.35. The van der Waals surface area contributed by atoms with Gasteiger partial charge in [-0.15, -0.1) is 0 Å². The Kier molecular flexibility index (Phi) is 4.39. The minimum atomic E-state index is -4.67. The van der Waals surface area contributed by atoms with E-state index in [2.05, 4.69) is 4.98 Å². The number of pyridine rings is 1. The van der Waals surface area contributed by atoms with Gasteiger partial charge in [0.15, 0.2) is 11.6 Å². The number of benzene rings is 1. The average Bonchev–Trinajstić information content (AvgIpc) is 3.06. The number of ketones is 2. The molecule has 0 radical (unpaired) electrons. The summed E-state index contributed by atoms with van der Waals surface area (Å²) in [6, 6.07) is 8.42. The molecule has 7 heteroatoms. The standard InChI is InChI=1S/C18H12F3NO3/c19-18(20,21)13-2-1-8-22-17(13)15(24)5-4-14(23)11-3-6-16-12(10-11)7-9-25-16/h1-3,6-10H,4-5H2. The Morgan fingerprint density at radius 1 is 1.04 bits per heavy atom. The normalized spacial score (nSPS) is 11.6. The van der Waals surface area contributed by atoms with Crippen molar-refractivity contribution in [3.05, 3.63) is 65.7 Å². The summed E-state index contributed by atoms with van der Waals surface area (Å²) in [6.07, 6.45) is -2.60. The summed E-state index contributed by atoms with van der Waals surface area (Å²) < 4.78 is 43.9. The molecule has 0 bridgehead atoms. The fraction of sp³-hybridized carbons (Fsp3) is 0.167. The zero-order valence-corrected chi connectivity index (χ0v) is 12.8.